The van der Waals surface area contributed by atoms with Gasteiger partial charge in [-0.2, -0.15) is 0 Å². The molecule has 0 saturated carbocycles. The van der Waals surface area contributed by atoms with Crippen molar-refractivity contribution < 1.29 is 5.11 Å². The molecule has 108 valence electrons. The lowest BCUT2D eigenvalue weighted by atomic mass is 10.1. The molecule has 1 heterocycles. The zero-order valence-electron chi connectivity index (χ0n) is 12.4. The summed E-state index contributed by atoms with van der Waals surface area (Å²) in [6.45, 7) is 8.28. The van der Waals surface area contributed by atoms with Gasteiger partial charge in [0.1, 0.15) is 0 Å². The summed E-state index contributed by atoms with van der Waals surface area (Å²) in [6, 6.07) is 0. The van der Waals surface area contributed by atoms with Crippen LogP contribution in [-0.4, -0.2) is 60.8 Å². The molecule has 0 bridgehead atoms. The van der Waals surface area contributed by atoms with Crippen molar-refractivity contribution in [1.29, 1.82) is 0 Å². The number of nitrogens with zero attached hydrogens (tertiary/aromatic N) is 2. The van der Waals surface area contributed by atoms with Crippen molar-refractivity contribution in [2.45, 2.75) is 58.0 Å². The Hall–Kier alpha value is -0.120. The largest absolute Gasteiger partial charge is 0.393 e. The van der Waals surface area contributed by atoms with E-state index in [9.17, 15) is 5.11 Å². The summed E-state index contributed by atoms with van der Waals surface area (Å²) in [5.41, 5.74) is 0. The Morgan fingerprint density at radius 3 is 2.17 bits per heavy atom. The average molecular weight is 256 g/mol. The van der Waals surface area contributed by atoms with Crippen LogP contribution in [0.2, 0.25) is 0 Å². The van der Waals surface area contributed by atoms with Crippen molar-refractivity contribution in [1.82, 2.24) is 9.80 Å². The number of rotatable bonds is 9. The lowest BCUT2D eigenvalue weighted by molar-refractivity contribution is 0.135. The standard InChI is InChI=1S/C15H32N2O/c1-3-4-5-8-15(18)9-6-7-10-17-13-11-16(2)12-14-17/h15,18H,3-14H2,1-2H3/t15-/m0/s1. The van der Waals surface area contributed by atoms with Crippen LogP contribution >= 0.6 is 0 Å². The van der Waals surface area contributed by atoms with Gasteiger partial charge in [0.2, 0.25) is 0 Å². The number of unbranched alkanes of at least 4 members (excludes halogenated alkanes) is 3. The molecule has 1 N–H and O–H groups in total. The molecule has 1 rings (SSSR count). The number of piperazine rings is 1. The molecule has 1 saturated heterocycles. The van der Waals surface area contributed by atoms with Gasteiger partial charge in [-0.25, -0.2) is 0 Å². The second kappa shape index (κ2) is 9.76. The molecular weight excluding hydrogens is 224 g/mol. The monoisotopic (exact) mass is 256 g/mol. The molecule has 0 aliphatic carbocycles. The highest BCUT2D eigenvalue weighted by Crippen LogP contribution is 2.10. The number of aliphatic hydroxyl groups excluding tert-OH is 1. The summed E-state index contributed by atoms with van der Waals surface area (Å²) < 4.78 is 0. The van der Waals surface area contributed by atoms with E-state index < -0.39 is 0 Å². The molecule has 0 amide bonds. The van der Waals surface area contributed by atoms with Gasteiger partial charge in [0, 0.05) is 26.2 Å². The lowest BCUT2D eigenvalue weighted by Crippen LogP contribution is -2.44. The predicted octanol–water partition coefficient (Wildman–Crippen LogP) is 2.35. The van der Waals surface area contributed by atoms with Gasteiger partial charge in [0.15, 0.2) is 0 Å². The van der Waals surface area contributed by atoms with Crippen molar-refractivity contribution in [3.05, 3.63) is 0 Å². The van der Waals surface area contributed by atoms with E-state index in [4.69, 9.17) is 0 Å². The molecule has 0 spiro atoms. The SMILES string of the molecule is CCCCC[C@H](O)CCCCN1CCN(C)CC1. The minimum Gasteiger partial charge on any atom is -0.393 e. The van der Waals surface area contributed by atoms with Crippen LogP contribution < -0.4 is 0 Å². The van der Waals surface area contributed by atoms with Gasteiger partial charge < -0.3 is 14.9 Å². The van der Waals surface area contributed by atoms with Crippen LogP contribution in [0.15, 0.2) is 0 Å². The quantitative estimate of drug-likeness (QED) is 0.642. The molecular formula is C15H32N2O. The highest BCUT2D eigenvalue weighted by Gasteiger charge is 2.13. The van der Waals surface area contributed by atoms with Crippen LogP contribution in [0, 0.1) is 0 Å². The molecule has 3 heteroatoms. The minimum atomic E-state index is -0.0518. The van der Waals surface area contributed by atoms with Crippen LogP contribution in [0.3, 0.4) is 0 Å². The number of hydrogen-bond acceptors (Lipinski definition) is 3. The maximum absolute atomic E-state index is 9.83. The highest BCUT2D eigenvalue weighted by atomic mass is 16.3. The van der Waals surface area contributed by atoms with Crippen molar-refractivity contribution in [3.63, 3.8) is 0 Å². The van der Waals surface area contributed by atoms with E-state index >= 15 is 0 Å². The molecule has 0 unspecified atom stereocenters. The second-order valence-electron chi connectivity index (χ2n) is 5.79. The maximum atomic E-state index is 9.83. The van der Waals surface area contributed by atoms with Gasteiger partial charge in [-0.1, -0.05) is 26.2 Å². The Bertz CT molecular complexity index is 191. The van der Waals surface area contributed by atoms with E-state index in [1.807, 2.05) is 0 Å². The second-order valence-corrected chi connectivity index (χ2v) is 5.79. The fraction of sp³-hybridized carbons (Fsp3) is 1.00. The van der Waals surface area contributed by atoms with E-state index in [1.165, 1.54) is 64.8 Å². The van der Waals surface area contributed by atoms with Crippen LogP contribution in [0.5, 0.6) is 0 Å². The number of likely N-dealkylation sites (N-methyl/N-ethyl adjacent to an activating group) is 1. The molecule has 0 aromatic heterocycles. The van der Waals surface area contributed by atoms with E-state index in [-0.39, 0.29) is 6.10 Å². The molecule has 0 aromatic rings. The molecule has 1 aliphatic heterocycles. The van der Waals surface area contributed by atoms with Crippen molar-refractivity contribution in [2.24, 2.45) is 0 Å². The topological polar surface area (TPSA) is 26.7 Å². The highest BCUT2D eigenvalue weighted by molar-refractivity contribution is 4.69. The van der Waals surface area contributed by atoms with E-state index in [2.05, 4.69) is 23.8 Å². The molecule has 3 nitrogen and oxygen atoms in total. The molecule has 0 radical (unpaired) electrons. The van der Waals surface area contributed by atoms with E-state index in [0.717, 1.165) is 12.8 Å². The average Bonchev–Trinajstić information content (AvgIpc) is 2.37. The molecule has 1 atom stereocenters. The Balaban J connectivity index is 1.91. The Morgan fingerprint density at radius 1 is 0.944 bits per heavy atom. The first kappa shape index (κ1) is 15.9. The first-order valence-corrected chi connectivity index (χ1v) is 7.81. The first-order chi connectivity index (χ1) is 8.72. The van der Waals surface area contributed by atoms with Gasteiger partial charge in [-0.05, 0) is 39.3 Å². The summed E-state index contributed by atoms with van der Waals surface area (Å²) in [5.74, 6) is 0. The van der Waals surface area contributed by atoms with E-state index in [0.29, 0.717) is 0 Å². The third kappa shape index (κ3) is 7.34. The maximum Gasteiger partial charge on any atom is 0.0540 e. The zero-order chi connectivity index (χ0) is 13.2. The molecule has 1 fully saturated rings. The third-order valence-electron chi connectivity index (χ3n) is 4.00. The zero-order valence-corrected chi connectivity index (χ0v) is 12.4. The van der Waals surface area contributed by atoms with Crippen molar-refractivity contribution >= 4 is 0 Å². The summed E-state index contributed by atoms with van der Waals surface area (Å²) in [6.07, 6.45) is 8.07. The smallest absolute Gasteiger partial charge is 0.0540 e. The first-order valence-electron chi connectivity index (χ1n) is 7.81. The normalized spacial score (nSPS) is 20.2. The summed E-state index contributed by atoms with van der Waals surface area (Å²) in [5, 5.41) is 9.83. The third-order valence-corrected chi connectivity index (χ3v) is 4.00. The van der Waals surface area contributed by atoms with E-state index in [1.54, 1.807) is 0 Å². The molecule has 1 aliphatic rings. The number of hydrogen-bond donors (Lipinski definition) is 1. The van der Waals surface area contributed by atoms with Gasteiger partial charge in [0.25, 0.3) is 0 Å². The molecule has 0 aromatic carbocycles. The Labute approximate surface area is 113 Å². The molecule has 18 heavy (non-hydrogen) atoms. The summed E-state index contributed by atoms with van der Waals surface area (Å²) >= 11 is 0. The number of aliphatic hydroxyl groups is 1. The van der Waals surface area contributed by atoms with Crippen molar-refractivity contribution in [2.75, 3.05) is 39.8 Å². The summed E-state index contributed by atoms with van der Waals surface area (Å²) in [7, 11) is 2.20. The van der Waals surface area contributed by atoms with Gasteiger partial charge in [-0.3, -0.25) is 0 Å². The Morgan fingerprint density at radius 2 is 1.56 bits per heavy atom. The van der Waals surface area contributed by atoms with Crippen LogP contribution in [0.1, 0.15) is 51.9 Å². The Kier molecular flexibility index (Phi) is 8.64. The summed E-state index contributed by atoms with van der Waals surface area (Å²) in [4.78, 5) is 4.96. The fourth-order valence-electron chi connectivity index (χ4n) is 2.56. The van der Waals surface area contributed by atoms with Crippen LogP contribution in [0.25, 0.3) is 0 Å². The van der Waals surface area contributed by atoms with Gasteiger partial charge in [-0.15, -0.1) is 0 Å². The van der Waals surface area contributed by atoms with Crippen molar-refractivity contribution in [3.8, 4) is 0 Å². The minimum absolute atomic E-state index is 0.0518. The lowest BCUT2D eigenvalue weighted by Gasteiger charge is -2.32. The fourth-order valence-corrected chi connectivity index (χ4v) is 2.56. The van der Waals surface area contributed by atoms with Crippen LogP contribution in [-0.2, 0) is 0 Å². The van der Waals surface area contributed by atoms with Gasteiger partial charge in [0.05, 0.1) is 6.10 Å². The van der Waals surface area contributed by atoms with Gasteiger partial charge >= 0.3 is 0 Å². The predicted molar refractivity (Wildman–Crippen MR) is 77.9 cm³/mol. The van der Waals surface area contributed by atoms with Crippen LogP contribution in [0.4, 0.5) is 0 Å².